The number of methoxy groups -OCH3 is 1. The number of piperidine rings is 1. The maximum absolute atomic E-state index is 5.99. The standard InChI is InChI=1S/C13H20N2O/c1-16-13-10-15(8-7-12(13)14)9-11-5-3-2-4-6-11/h2-6,12-13H,7-10,14H2,1H3/t12-,13+/m1/s1. The molecule has 1 aliphatic heterocycles. The van der Waals surface area contributed by atoms with Gasteiger partial charge < -0.3 is 10.5 Å². The largest absolute Gasteiger partial charge is 0.379 e. The topological polar surface area (TPSA) is 38.5 Å². The summed E-state index contributed by atoms with van der Waals surface area (Å²) in [6.07, 6.45) is 1.20. The number of hydrogen-bond donors (Lipinski definition) is 1. The van der Waals surface area contributed by atoms with Crippen molar-refractivity contribution in [1.29, 1.82) is 0 Å². The van der Waals surface area contributed by atoms with E-state index in [1.165, 1.54) is 5.56 Å². The molecule has 2 rings (SSSR count). The fourth-order valence-electron chi connectivity index (χ4n) is 2.23. The third kappa shape index (κ3) is 2.82. The molecule has 16 heavy (non-hydrogen) atoms. The highest BCUT2D eigenvalue weighted by Crippen LogP contribution is 2.14. The Labute approximate surface area is 97.2 Å². The van der Waals surface area contributed by atoms with Gasteiger partial charge in [0.15, 0.2) is 0 Å². The van der Waals surface area contributed by atoms with Crippen LogP contribution in [-0.4, -0.2) is 37.2 Å². The van der Waals surface area contributed by atoms with Crippen molar-refractivity contribution in [2.45, 2.75) is 25.1 Å². The monoisotopic (exact) mass is 220 g/mol. The van der Waals surface area contributed by atoms with Crippen LogP contribution in [0.3, 0.4) is 0 Å². The second kappa shape index (κ2) is 5.43. The molecule has 1 saturated heterocycles. The van der Waals surface area contributed by atoms with Gasteiger partial charge in [0, 0.05) is 32.8 Å². The van der Waals surface area contributed by atoms with Gasteiger partial charge in [0.1, 0.15) is 0 Å². The molecule has 1 aromatic rings. The first-order chi connectivity index (χ1) is 7.79. The highest BCUT2D eigenvalue weighted by molar-refractivity contribution is 5.14. The minimum Gasteiger partial charge on any atom is -0.379 e. The zero-order chi connectivity index (χ0) is 11.4. The van der Waals surface area contributed by atoms with E-state index in [-0.39, 0.29) is 12.1 Å². The molecule has 0 radical (unpaired) electrons. The van der Waals surface area contributed by atoms with Crippen molar-refractivity contribution in [3.8, 4) is 0 Å². The van der Waals surface area contributed by atoms with E-state index in [0.717, 1.165) is 26.1 Å². The molecule has 3 nitrogen and oxygen atoms in total. The zero-order valence-electron chi connectivity index (χ0n) is 9.80. The van der Waals surface area contributed by atoms with Crippen LogP contribution in [-0.2, 0) is 11.3 Å². The Morgan fingerprint density at radius 3 is 2.81 bits per heavy atom. The summed E-state index contributed by atoms with van der Waals surface area (Å²) in [6.45, 7) is 3.00. The van der Waals surface area contributed by atoms with Crippen molar-refractivity contribution in [2.75, 3.05) is 20.2 Å². The Morgan fingerprint density at radius 2 is 2.12 bits per heavy atom. The van der Waals surface area contributed by atoms with Gasteiger partial charge in [-0.1, -0.05) is 30.3 Å². The van der Waals surface area contributed by atoms with E-state index in [1.54, 1.807) is 7.11 Å². The van der Waals surface area contributed by atoms with E-state index < -0.39 is 0 Å². The normalized spacial score (nSPS) is 26.9. The number of ether oxygens (including phenoxy) is 1. The summed E-state index contributed by atoms with van der Waals surface area (Å²) in [7, 11) is 1.75. The molecule has 0 unspecified atom stereocenters. The molecule has 0 aliphatic carbocycles. The summed E-state index contributed by atoms with van der Waals surface area (Å²) < 4.78 is 5.40. The van der Waals surface area contributed by atoms with Crippen LogP contribution in [0.25, 0.3) is 0 Å². The number of hydrogen-bond acceptors (Lipinski definition) is 3. The van der Waals surface area contributed by atoms with Crippen LogP contribution in [0.5, 0.6) is 0 Å². The fraction of sp³-hybridized carbons (Fsp3) is 0.538. The Balaban J connectivity index is 1.92. The number of benzene rings is 1. The van der Waals surface area contributed by atoms with Gasteiger partial charge in [-0.05, 0) is 12.0 Å². The van der Waals surface area contributed by atoms with Gasteiger partial charge in [0.2, 0.25) is 0 Å². The number of likely N-dealkylation sites (tertiary alicyclic amines) is 1. The summed E-state index contributed by atoms with van der Waals surface area (Å²) in [4.78, 5) is 2.41. The second-order valence-electron chi connectivity index (χ2n) is 4.45. The molecule has 1 aliphatic rings. The average Bonchev–Trinajstić information content (AvgIpc) is 2.33. The van der Waals surface area contributed by atoms with Crippen LogP contribution in [0.15, 0.2) is 30.3 Å². The molecular weight excluding hydrogens is 200 g/mol. The first kappa shape index (κ1) is 11.6. The van der Waals surface area contributed by atoms with E-state index >= 15 is 0 Å². The molecule has 0 bridgehead atoms. The average molecular weight is 220 g/mol. The number of rotatable bonds is 3. The molecule has 1 aromatic carbocycles. The van der Waals surface area contributed by atoms with Gasteiger partial charge in [0.25, 0.3) is 0 Å². The summed E-state index contributed by atoms with van der Waals surface area (Å²) in [5, 5.41) is 0. The molecule has 2 N–H and O–H groups in total. The lowest BCUT2D eigenvalue weighted by atomic mass is 10.0. The lowest BCUT2D eigenvalue weighted by Crippen LogP contribution is -2.51. The predicted octanol–water partition coefficient (Wildman–Crippen LogP) is 1.23. The van der Waals surface area contributed by atoms with E-state index in [0.29, 0.717) is 0 Å². The van der Waals surface area contributed by atoms with Crippen LogP contribution >= 0.6 is 0 Å². The Hall–Kier alpha value is -0.900. The van der Waals surface area contributed by atoms with Crippen LogP contribution in [0.1, 0.15) is 12.0 Å². The Bertz CT molecular complexity index is 315. The van der Waals surface area contributed by atoms with Crippen molar-refractivity contribution in [2.24, 2.45) is 5.73 Å². The molecule has 3 heteroatoms. The summed E-state index contributed by atoms with van der Waals surface area (Å²) in [5.41, 5.74) is 7.35. The third-order valence-corrected chi connectivity index (χ3v) is 3.25. The molecule has 0 saturated carbocycles. The Morgan fingerprint density at radius 1 is 1.38 bits per heavy atom. The highest BCUT2D eigenvalue weighted by atomic mass is 16.5. The molecule has 1 fully saturated rings. The van der Waals surface area contributed by atoms with Crippen LogP contribution in [0, 0.1) is 0 Å². The Kier molecular flexibility index (Phi) is 3.93. The van der Waals surface area contributed by atoms with Crippen molar-refractivity contribution < 1.29 is 4.74 Å². The van der Waals surface area contributed by atoms with E-state index in [9.17, 15) is 0 Å². The van der Waals surface area contributed by atoms with Gasteiger partial charge >= 0.3 is 0 Å². The van der Waals surface area contributed by atoms with Gasteiger partial charge in [-0.25, -0.2) is 0 Å². The molecule has 1 heterocycles. The number of nitrogens with zero attached hydrogens (tertiary/aromatic N) is 1. The molecule has 2 atom stereocenters. The lowest BCUT2D eigenvalue weighted by molar-refractivity contribution is 0.0140. The lowest BCUT2D eigenvalue weighted by Gasteiger charge is -2.35. The SMILES string of the molecule is CO[C@H]1CN(Cc2ccccc2)CC[C@H]1N. The van der Waals surface area contributed by atoms with Crippen LogP contribution in [0.4, 0.5) is 0 Å². The maximum atomic E-state index is 5.99. The predicted molar refractivity (Wildman–Crippen MR) is 65.1 cm³/mol. The van der Waals surface area contributed by atoms with Crippen LogP contribution in [0.2, 0.25) is 0 Å². The minimum absolute atomic E-state index is 0.178. The van der Waals surface area contributed by atoms with E-state index in [1.807, 2.05) is 6.07 Å². The quantitative estimate of drug-likeness (QED) is 0.833. The minimum atomic E-state index is 0.178. The summed E-state index contributed by atoms with van der Waals surface area (Å²) in [6, 6.07) is 10.7. The van der Waals surface area contributed by atoms with Crippen LogP contribution < -0.4 is 5.73 Å². The fourth-order valence-corrected chi connectivity index (χ4v) is 2.23. The first-order valence-corrected chi connectivity index (χ1v) is 5.84. The van der Waals surface area contributed by atoms with Crippen molar-refractivity contribution in [3.63, 3.8) is 0 Å². The summed E-state index contributed by atoms with van der Waals surface area (Å²) >= 11 is 0. The van der Waals surface area contributed by atoms with Crippen molar-refractivity contribution >= 4 is 0 Å². The third-order valence-electron chi connectivity index (χ3n) is 3.25. The summed E-state index contributed by atoms with van der Waals surface area (Å²) in [5.74, 6) is 0. The zero-order valence-corrected chi connectivity index (χ0v) is 9.80. The van der Waals surface area contributed by atoms with Crippen molar-refractivity contribution in [1.82, 2.24) is 4.90 Å². The molecule has 0 spiro atoms. The van der Waals surface area contributed by atoms with Gasteiger partial charge in [-0.3, -0.25) is 4.90 Å². The first-order valence-electron chi connectivity index (χ1n) is 5.84. The van der Waals surface area contributed by atoms with E-state index in [4.69, 9.17) is 10.5 Å². The van der Waals surface area contributed by atoms with Gasteiger partial charge in [0.05, 0.1) is 6.10 Å². The van der Waals surface area contributed by atoms with Crippen molar-refractivity contribution in [3.05, 3.63) is 35.9 Å². The van der Waals surface area contributed by atoms with Gasteiger partial charge in [-0.15, -0.1) is 0 Å². The smallest absolute Gasteiger partial charge is 0.0849 e. The number of nitrogens with two attached hydrogens (primary N) is 1. The second-order valence-corrected chi connectivity index (χ2v) is 4.45. The highest BCUT2D eigenvalue weighted by Gasteiger charge is 2.26. The molecular formula is C13H20N2O. The molecule has 0 amide bonds. The molecule has 0 aromatic heterocycles. The maximum Gasteiger partial charge on any atom is 0.0849 e. The molecule has 88 valence electrons. The van der Waals surface area contributed by atoms with E-state index in [2.05, 4.69) is 29.2 Å². The van der Waals surface area contributed by atoms with Gasteiger partial charge in [-0.2, -0.15) is 0 Å².